The van der Waals surface area contributed by atoms with Crippen LogP contribution in [0.3, 0.4) is 0 Å². The molecule has 1 fully saturated rings. The van der Waals surface area contributed by atoms with Crippen molar-refractivity contribution in [1.82, 2.24) is 9.88 Å². The number of nitrogens with two attached hydrogens (primary N) is 2. The van der Waals surface area contributed by atoms with E-state index in [9.17, 15) is 9.18 Å². The number of likely N-dealkylation sites (N-methyl/N-ethyl adjacent to an activating group) is 1. The van der Waals surface area contributed by atoms with E-state index in [1.807, 2.05) is 12.1 Å². The molecule has 2 atom stereocenters. The molecule has 1 saturated carbocycles. The number of benzene rings is 1. The van der Waals surface area contributed by atoms with E-state index >= 15 is 0 Å². The Hall–Kier alpha value is -2.71. The Morgan fingerprint density at radius 1 is 1.20 bits per heavy atom. The summed E-state index contributed by atoms with van der Waals surface area (Å²) in [7, 11) is 2.09. The number of fused-ring (bicyclic) bond motifs is 1. The van der Waals surface area contributed by atoms with Gasteiger partial charge in [0.15, 0.2) is 11.6 Å². The fourth-order valence-electron chi connectivity index (χ4n) is 4.30. The maximum atomic E-state index is 14.7. The largest absolute Gasteiger partial charge is 0.365 e. The smallest absolute Gasteiger partial charge is 0.252 e. The van der Waals surface area contributed by atoms with Crippen molar-refractivity contribution in [3.05, 3.63) is 46.8 Å². The number of aromatic nitrogens is 1. The highest BCUT2D eigenvalue weighted by Gasteiger charge is 2.24. The molecule has 1 aromatic carbocycles. The van der Waals surface area contributed by atoms with Crippen molar-refractivity contribution in [2.75, 3.05) is 24.2 Å². The number of carbonyl (C=O) groups is 1. The first-order valence-corrected chi connectivity index (χ1v) is 10.5. The van der Waals surface area contributed by atoms with Crippen LogP contribution in [0.25, 0.3) is 0 Å². The predicted molar refractivity (Wildman–Crippen MR) is 116 cm³/mol. The summed E-state index contributed by atoms with van der Waals surface area (Å²) in [6.45, 7) is 1.89. The second-order valence-corrected chi connectivity index (χ2v) is 8.37. The molecular weight excluding hydrogens is 383 g/mol. The molecule has 2 heterocycles. The molecule has 1 aromatic heterocycles. The van der Waals surface area contributed by atoms with Crippen molar-refractivity contribution in [2.24, 2.45) is 11.5 Å². The van der Waals surface area contributed by atoms with Crippen LogP contribution >= 0.6 is 0 Å². The molecule has 2 aliphatic rings. The summed E-state index contributed by atoms with van der Waals surface area (Å²) in [6.07, 6.45) is 4.88. The number of primary amides is 1. The van der Waals surface area contributed by atoms with Crippen LogP contribution in [0.1, 0.15) is 47.2 Å². The van der Waals surface area contributed by atoms with Crippen LogP contribution in [0.2, 0.25) is 0 Å². The summed E-state index contributed by atoms with van der Waals surface area (Å²) in [5.41, 5.74) is 15.0. The predicted octanol–water partition coefficient (Wildman–Crippen LogP) is 2.73. The highest BCUT2D eigenvalue weighted by Crippen LogP contribution is 2.28. The van der Waals surface area contributed by atoms with Crippen LogP contribution in [0, 0.1) is 5.82 Å². The van der Waals surface area contributed by atoms with Gasteiger partial charge in [-0.25, -0.2) is 9.37 Å². The van der Waals surface area contributed by atoms with Crippen LogP contribution in [0.5, 0.6) is 0 Å². The van der Waals surface area contributed by atoms with Crippen molar-refractivity contribution >= 4 is 23.2 Å². The molecule has 1 amide bonds. The van der Waals surface area contributed by atoms with E-state index in [1.54, 1.807) is 0 Å². The molecule has 1 aliphatic heterocycles. The zero-order valence-electron chi connectivity index (χ0n) is 17.2. The van der Waals surface area contributed by atoms with Gasteiger partial charge in [-0.2, -0.15) is 0 Å². The van der Waals surface area contributed by atoms with Gasteiger partial charge < -0.3 is 27.0 Å². The summed E-state index contributed by atoms with van der Waals surface area (Å²) in [6, 6.07) is 7.12. The van der Waals surface area contributed by atoms with Crippen molar-refractivity contribution in [3.8, 4) is 0 Å². The Morgan fingerprint density at radius 3 is 2.77 bits per heavy atom. The molecule has 6 N–H and O–H groups in total. The van der Waals surface area contributed by atoms with E-state index < -0.39 is 11.7 Å². The highest BCUT2D eigenvalue weighted by atomic mass is 19.1. The number of hydrogen-bond donors (Lipinski definition) is 4. The fourth-order valence-corrected chi connectivity index (χ4v) is 4.30. The first-order chi connectivity index (χ1) is 14.4. The van der Waals surface area contributed by atoms with E-state index in [-0.39, 0.29) is 29.3 Å². The maximum Gasteiger partial charge on any atom is 0.252 e. The first kappa shape index (κ1) is 20.6. The van der Waals surface area contributed by atoms with Gasteiger partial charge in [-0.05, 0) is 55.6 Å². The normalized spacial score (nSPS) is 21.7. The standard InChI is InChI=1S/C22H29FN6O/c1-29-9-8-13-6-7-15(10-14(13)12-29)26-21-16(20(25)30)11-17(23)22(28-21)27-19-5-3-2-4-18(19)24/h6-7,10-11,18-19H,2-5,8-9,12,24H2,1H3,(H2,25,30)(H2,26,27,28)/t18-,19+/m0/s1. The number of amides is 1. The third-order valence-electron chi connectivity index (χ3n) is 6.06. The second kappa shape index (κ2) is 8.57. The zero-order valence-corrected chi connectivity index (χ0v) is 17.2. The number of nitrogens with zero attached hydrogens (tertiary/aromatic N) is 2. The number of nitrogens with one attached hydrogen (secondary N) is 2. The minimum absolute atomic E-state index is 0.0147. The lowest BCUT2D eigenvalue weighted by atomic mass is 9.91. The molecule has 0 bridgehead atoms. The van der Waals surface area contributed by atoms with Crippen LogP contribution in [0.15, 0.2) is 24.3 Å². The van der Waals surface area contributed by atoms with Gasteiger partial charge in [-0.3, -0.25) is 4.79 Å². The van der Waals surface area contributed by atoms with Crippen LogP contribution in [0.4, 0.5) is 21.7 Å². The molecule has 8 heteroatoms. The summed E-state index contributed by atoms with van der Waals surface area (Å²) >= 11 is 0. The molecule has 30 heavy (non-hydrogen) atoms. The van der Waals surface area contributed by atoms with Crippen molar-refractivity contribution in [1.29, 1.82) is 0 Å². The van der Waals surface area contributed by atoms with Gasteiger partial charge in [0.25, 0.3) is 5.91 Å². The molecule has 0 spiro atoms. The molecular formula is C22H29FN6O. The Bertz CT molecular complexity index is 949. The Labute approximate surface area is 176 Å². The van der Waals surface area contributed by atoms with Gasteiger partial charge in [0, 0.05) is 30.9 Å². The van der Waals surface area contributed by atoms with Gasteiger partial charge in [-0.1, -0.05) is 18.9 Å². The lowest BCUT2D eigenvalue weighted by Gasteiger charge is -2.30. The van der Waals surface area contributed by atoms with Gasteiger partial charge in [0.2, 0.25) is 0 Å². The average molecular weight is 413 g/mol. The van der Waals surface area contributed by atoms with Crippen LogP contribution in [-0.4, -0.2) is 41.5 Å². The summed E-state index contributed by atoms with van der Waals surface area (Å²) < 4.78 is 14.7. The summed E-state index contributed by atoms with van der Waals surface area (Å²) in [5, 5.41) is 6.30. The highest BCUT2D eigenvalue weighted by molar-refractivity contribution is 5.98. The Kier molecular flexibility index (Phi) is 5.87. The Balaban J connectivity index is 1.63. The average Bonchev–Trinajstić information content (AvgIpc) is 2.71. The number of pyridine rings is 1. The van der Waals surface area contributed by atoms with Crippen molar-refractivity contribution in [2.45, 2.75) is 50.7 Å². The summed E-state index contributed by atoms with van der Waals surface area (Å²) in [4.78, 5) is 18.6. The summed E-state index contributed by atoms with van der Waals surface area (Å²) in [5.74, 6) is -1.02. The maximum absolute atomic E-state index is 14.7. The van der Waals surface area contributed by atoms with Crippen LogP contribution in [-0.2, 0) is 13.0 Å². The molecule has 2 aromatic rings. The monoisotopic (exact) mass is 412 g/mol. The molecule has 0 unspecified atom stereocenters. The zero-order chi connectivity index (χ0) is 21.3. The minimum Gasteiger partial charge on any atom is -0.365 e. The fraction of sp³-hybridized carbons (Fsp3) is 0.455. The molecule has 0 radical (unpaired) electrons. The van der Waals surface area contributed by atoms with Crippen molar-refractivity contribution < 1.29 is 9.18 Å². The molecule has 1 aliphatic carbocycles. The van der Waals surface area contributed by atoms with E-state index in [4.69, 9.17) is 11.5 Å². The molecule has 4 rings (SSSR count). The Morgan fingerprint density at radius 2 is 2.00 bits per heavy atom. The topological polar surface area (TPSA) is 109 Å². The molecule has 7 nitrogen and oxygen atoms in total. The minimum atomic E-state index is -0.734. The van der Waals surface area contributed by atoms with Gasteiger partial charge >= 0.3 is 0 Å². The van der Waals surface area contributed by atoms with Crippen molar-refractivity contribution in [3.63, 3.8) is 0 Å². The number of hydrogen-bond acceptors (Lipinski definition) is 6. The third-order valence-corrected chi connectivity index (χ3v) is 6.06. The van der Waals surface area contributed by atoms with Gasteiger partial charge in [0.05, 0.1) is 5.56 Å². The molecule has 0 saturated heterocycles. The third kappa shape index (κ3) is 4.39. The SMILES string of the molecule is CN1CCc2ccc(Nc3nc(N[C@@H]4CCCC[C@@H]4N)c(F)cc3C(N)=O)cc2C1. The van der Waals surface area contributed by atoms with E-state index in [1.165, 1.54) is 11.1 Å². The van der Waals surface area contributed by atoms with Crippen LogP contribution < -0.4 is 22.1 Å². The number of rotatable bonds is 5. The van der Waals surface area contributed by atoms with Gasteiger partial charge in [-0.15, -0.1) is 0 Å². The number of anilines is 3. The molecule has 160 valence electrons. The van der Waals surface area contributed by atoms with E-state index in [0.717, 1.165) is 56.9 Å². The van der Waals surface area contributed by atoms with E-state index in [0.29, 0.717) is 0 Å². The second-order valence-electron chi connectivity index (χ2n) is 8.37. The first-order valence-electron chi connectivity index (χ1n) is 10.5. The lowest BCUT2D eigenvalue weighted by Crippen LogP contribution is -2.43. The van der Waals surface area contributed by atoms with Gasteiger partial charge in [0.1, 0.15) is 5.82 Å². The lowest BCUT2D eigenvalue weighted by molar-refractivity contribution is 0.100. The van der Waals surface area contributed by atoms with E-state index in [2.05, 4.69) is 33.6 Å². The quantitative estimate of drug-likeness (QED) is 0.601. The number of carbonyl (C=O) groups excluding carboxylic acids is 1. The number of halogens is 1.